The third-order valence-electron chi connectivity index (χ3n) is 3.50. The van der Waals surface area contributed by atoms with Crippen LogP contribution in [0.4, 0.5) is 13.2 Å². The predicted octanol–water partition coefficient (Wildman–Crippen LogP) is 2.35. The Bertz CT molecular complexity index is 619. The first-order valence-electron chi connectivity index (χ1n) is 7.12. The van der Waals surface area contributed by atoms with Crippen LogP contribution in [-0.2, 0) is 15.2 Å². The van der Waals surface area contributed by atoms with Crippen molar-refractivity contribution in [3.8, 4) is 0 Å². The summed E-state index contributed by atoms with van der Waals surface area (Å²) in [4.78, 5) is 26.9. The van der Waals surface area contributed by atoms with E-state index < -0.39 is 40.6 Å². The highest BCUT2D eigenvalue weighted by Crippen LogP contribution is 2.42. The third kappa shape index (κ3) is 4.23. The molecule has 0 saturated carbocycles. The Labute approximate surface area is 140 Å². The topological polar surface area (TPSA) is 99.5 Å². The lowest BCUT2D eigenvalue weighted by Gasteiger charge is -2.31. The van der Waals surface area contributed by atoms with Crippen molar-refractivity contribution >= 4 is 23.2 Å². The molecule has 1 aromatic rings. The first kappa shape index (κ1) is 20.4. The Morgan fingerprint density at radius 1 is 1.38 bits per heavy atom. The first-order chi connectivity index (χ1) is 10.9. The Hall–Kier alpha value is -1.68. The van der Waals surface area contributed by atoms with Gasteiger partial charge < -0.3 is 15.5 Å². The van der Waals surface area contributed by atoms with Crippen LogP contribution in [0.3, 0.4) is 0 Å². The van der Waals surface area contributed by atoms with Gasteiger partial charge in [-0.1, -0.05) is 13.3 Å². The minimum Gasteiger partial charge on any atom is -0.480 e. The van der Waals surface area contributed by atoms with E-state index in [4.69, 9.17) is 0 Å². The van der Waals surface area contributed by atoms with Crippen molar-refractivity contribution in [3.05, 3.63) is 16.1 Å². The highest BCUT2D eigenvalue weighted by molar-refractivity contribution is 7.09. The maximum atomic E-state index is 13.3. The predicted molar refractivity (Wildman–Crippen MR) is 80.5 cm³/mol. The molecule has 0 spiro atoms. The van der Waals surface area contributed by atoms with E-state index in [9.17, 15) is 33.0 Å². The molecule has 1 rings (SSSR count). The lowest BCUT2D eigenvalue weighted by molar-refractivity contribution is -0.267. The van der Waals surface area contributed by atoms with Crippen molar-refractivity contribution in [1.82, 2.24) is 10.3 Å². The Morgan fingerprint density at radius 2 is 1.96 bits per heavy atom. The van der Waals surface area contributed by atoms with Crippen LogP contribution in [0.5, 0.6) is 0 Å². The third-order valence-corrected chi connectivity index (χ3v) is 4.61. The normalized spacial score (nSPS) is 17.0. The molecule has 136 valence electrons. The number of hydrogen-bond donors (Lipinski definition) is 3. The smallest absolute Gasteiger partial charge is 0.424 e. The van der Waals surface area contributed by atoms with Gasteiger partial charge in [-0.2, -0.15) is 13.2 Å². The van der Waals surface area contributed by atoms with Crippen LogP contribution < -0.4 is 5.32 Å². The van der Waals surface area contributed by atoms with Crippen LogP contribution in [0.25, 0.3) is 0 Å². The number of aliphatic hydroxyl groups is 1. The number of aryl methyl sites for hydroxylation is 1. The second kappa shape index (κ2) is 7.06. The average molecular weight is 368 g/mol. The lowest BCUT2D eigenvalue weighted by Crippen LogP contribution is -2.55. The van der Waals surface area contributed by atoms with Crippen LogP contribution in [0.2, 0.25) is 0 Å². The van der Waals surface area contributed by atoms with Gasteiger partial charge in [0.25, 0.3) is 0 Å². The van der Waals surface area contributed by atoms with Gasteiger partial charge in [-0.25, -0.2) is 9.78 Å². The van der Waals surface area contributed by atoms with Gasteiger partial charge in [0.15, 0.2) is 0 Å². The van der Waals surface area contributed by atoms with Gasteiger partial charge in [-0.3, -0.25) is 4.79 Å². The number of thiazole rings is 1. The molecule has 0 bridgehead atoms. The fourth-order valence-electron chi connectivity index (χ4n) is 2.15. The number of halogens is 3. The number of carbonyl (C=O) groups is 2. The van der Waals surface area contributed by atoms with E-state index in [1.54, 1.807) is 6.92 Å². The zero-order valence-electron chi connectivity index (χ0n) is 13.4. The standard InChI is InChI=1S/C14H19F3N2O4S/c1-4-5-12(3,11(21)22)19-9(20)6-13(23,14(15,16)17)10-18-8(2)7-24-10/h7,23H,4-6H2,1-3H3,(H,19,20)(H,21,22). The average Bonchev–Trinajstić information content (AvgIpc) is 2.84. The Kier molecular flexibility index (Phi) is 5.99. The highest BCUT2D eigenvalue weighted by Gasteiger charge is 2.58. The highest BCUT2D eigenvalue weighted by atomic mass is 32.1. The van der Waals surface area contributed by atoms with Crippen LogP contribution in [0.1, 0.15) is 43.8 Å². The van der Waals surface area contributed by atoms with Crippen molar-refractivity contribution in [3.63, 3.8) is 0 Å². The van der Waals surface area contributed by atoms with E-state index in [0.717, 1.165) is 0 Å². The molecule has 0 fully saturated rings. The molecule has 2 atom stereocenters. The van der Waals surface area contributed by atoms with Crippen molar-refractivity contribution in [1.29, 1.82) is 0 Å². The molecule has 10 heteroatoms. The van der Waals surface area contributed by atoms with E-state index >= 15 is 0 Å². The number of carboxylic acids is 1. The maximum absolute atomic E-state index is 13.3. The molecule has 24 heavy (non-hydrogen) atoms. The van der Waals surface area contributed by atoms with E-state index in [2.05, 4.69) is 10.3 Å². The van der Waals surface area contributed by atoms with Crippen LogP contribution in [0.15, 0.2) is 5.38 Å². The molecule has 1 heterocycles. The Morgan fingerprint density at radius 3 is 2.33 bits per heavy atom. The SMILES string of the molecule is CCCC(C)(NC(=O)CC(O)(c1nc(C)cs1)C(F)(F)F)C(=O)O. The summed E-state index contributed by atoms with van der Waals surface area (Å²) in [5.41, 5.74) is -4.90. The number of rotatable bonds is 7. The van der Waals surface area contributed by atoms with Crippen molar-refractivity contribution in [2.24, 2.45) is 0 Å². The van der Waals surface area contributed by atoms with Crippen molar-refractivity contribution in [2.45, 2.75) is 57.3 Å². The minimum atomic E-state index is -5.14. The summed E-state index contributed by atoms with van der Waals surface area (Å²) < 4.78 is 40.0. The molecule has 0 saturated heterocycles. The fourth-order valence-corrected chi connectivity index (χ4v) is 3.06. The molecule has 0 aliphatic carbocycles. The summed E-state index contributed by atoms with van der Waals surface area (Å²) in [7, 11) is 0. The van der Waals surface area contributed by atoms with Crippen LogP contribution >= 0.6 is 11.3 Å². The van der Waals surface area contributed by atoms with Gasteiger partial charge in [0.2, 0.25) is 11.5 Å². The molecule has 0 aromatic carbocycles. The number of carboxylic acid groups (broad SMARTS) is 1. The molecule has 0 aliphatic heterocycles. The number of nitrogens with zero attached hydrogens (tertiary/aromatic N) is 1. The zero-order valence-corrected chi connectivity index (χ0v) is 14.2. The molecule has 0 aliphatic rings. The summed E-state index contributed by atoms with van der Waals surface area (Å²) in [5.74, 6) is -2.58. The van der Waals surface area contributed by atoms with E-state index in [0.29, 0.717) is 17.8 Å². The number of aromatic nitrogens is 1. The monoisotopic (exact) mass is 368 g/mol. The number of aliphatic carboxylic acids is 1. The summed E-state index contributed by atoms with van der Waals surface area (Å²) in [6.45, 7) is 4.34. The van der Waals surface area contributed by atoms with E-state index in [1.807, 2.05) is 0 Å². The molecule has 1 amide bonds. The molecular formula is C14H19F3N2O4S. The Balaban J connectivity index is 3.08. The van der Waals surface area contributed by atoms with Crippen LogP contribution in [-0.4, -0.2) is 38.8 Å². The largest absolute Gasteiger partial charge is 0.480 e. The van der Waals surface area contributed by atoms with Gasteiger partial charge in [0.05, 0.1) is 6.42 Å². The molecule has 6 nitrogen and oxygen atoms in total. The van der Waals surface area contributed by atoms with Crippen LogP contribution in [0, 0.1) is 6.92 Å². The quantitative estimate of drug-likeness (QED) is 0.686. The number of hydrogen-bond acceptors (Lipinski definition) is 5. The maximum Gasteiger partial charge on any atom is 0.424 e. The van der Waals surface area contributed by atoms with Gasteiger partial charge in [0, 0.05) is 11.1 Å². The first-order valence-corrected chi connectivity index (χ1v) is 8.00. The number of carbonyl (C=O) groups excluding carboxylic acids is 1. The second-order valence-electron chi connectivity index (χ2n) is 5.76. The lowest BCUT2D eigenvalue weighted by atomic mass is 9.94. The van der Waals surface area contributed by atoms with Gasteiger partial charge in [-0.15, -0.1) is 11.3 Å². The van der Waals surface area contributed by atoms with Gasteiger partial charge in [0.1, 0.15) is 10.5 Å². The molecular weight excluding hydrogens is 349 g/mol. The van der Waals surface area contributed by atoms with E-state index in [-0.39, 0.29) is 12.1 Å². The second-order valence-corrected chi connectivity index (χ2v) is 6.62. The molecule has 1 aromatic heterocycles. The minimum absolute atomic E-state index is 0.0366. The number of nitrogens with one attached hydrogen (secondary N) is 1. The van der Waals surface area contributed by atoms with E-state index in [1.165, 1.54) is 19.2 Å². The molecule has 3 N–H and O–H groups in total. The zero-order chi connectivity index (χ0) is 18.8. The van der Waals surface area contributed by atoms with Crippen molar-refractivity contribution in [2.75, 3.05) is 0 Å². The fraction of sp³-hybridized carbons (Fsp3) is 0.643. The summed E-state index contributed by atoms with van der Waals surface area (Å²) in [6, 6.07) is 0. The van der Waals surface area contributed by atoms with Crippen molar-refractivity contribution < 1.29 is 33.0 Å². The van der Waals surface area contributed by atoms with Gasteiger partial charge in [-0.05, 0) is 20.3 Å². The van der Waals surface area contributed by atoms with Gasteiger partial charge >= 0.3 is 12.1 Å². The number of alkyl halides is 3. The number of amides is 1. The summed E-state index contributed by atoms with van der Waals surface area (Å²) in [6.07, 6.45) is -6.07. The summed E-state index contributed by atoms with van der Waals surface area (Å²) in [5, 5.41) is 22.0. The summed E-state index contributed by atoms with van der Waals surface area (Å²) >= 11 is 0.582. The molecule has 2 unspecified atom stereocenters. The molecule has 0 radical (unpaired) electrons.